The largest absolute Gasteiger partial charge is 0.477 e. The zero-order valence-corrected chi connectivity index (χ0v) is 6.97. The third-order valence-electron chi connectivity index (χ3n) is 2.04. The molecule has 0 spiro atoms. The molecule has 0 bridgehead atoms. The minimum absolute atomic E-state index is 0.339. The summed E-state index contributed by atoms with van der Waals surface area (Å²) in [4.78, 5) is 12.5. The Hall–Kier alpha value is -1.77. The van der Waals surface area contributed by atoms with Crippen molar-refractivity contribution >= 4 is 5.97 Å². The maximum atomic E-state index is 10.8. The number of carboxylic acids is 1. The molecular formula is C10H9NO2. The second-order valence-electron chi connectivity index (χ2n) is 2.85. The summed E-state index contributed by atoms with van der Waals surface area (Å²) in [6.45, 7) is 0. The van der Waals surface area contributed by atoms with Crippen molar-refractivity contribution in [2.24, 2.45) is 0 Å². The molecule has 0 saturated carbocycles. The van der Waals surface area contributed by atoms with Crippen LogP contribution in [0.2, 0.25) is 0 Å². The van der Waals surface area contributed by atoms with Crippen LogP contribution in [-0.4, -0.2) is 16.0 Å². The first-order chi connectivity index (χ1) is 6.29. The van der Waals surface area contributed by atoms with Crippen molar-refractivity contribution in [1.82, 2.24) is 4.90 Å². The summed E-state index contributed by atoms with van der Waals surface area (Å²) in [5.41, 5.74) is 1.34. The average Bonchev–Trinajstić information content (AvgIpc) is 2.36. The highest BCUT2D eigenvalue weighted by atomic mass is 16.4. The van der Waals surface area contributed by atoms with Gasteiger partial charge in [0.1, 0.15) is 5.70 Å². The van der Waals surface area contributed by atoms with Gasteiger partial charge >= 0.3 is 5.97 Å². The predicted molar refractivity (Wildman–Crippen MR) is 48.5 cm³/mol. The molecule has 66 valence electrons. The smallest absolute Gasteiger partial charge is 0.352 e. The van der Waals surface area contributed by atoms with Gasteiger partial charge in [-0.3, -0.25) is 0 Å². The van der Waals surface area contributed by atoms with Crippen molar-refractivity contribution < 1.29 is 9.90 Å². The lowest BCUT2D eigenvalue weighted by molar-refractivity contribution is -0.133. The summed E-state index contributed by atoms with van der Waals surface area (Å²) < 4.78 is 0. The first kappa shape index (κ1) is 7.86. The second-order valence-corrected chi connectivity index (χ2v) is 2.85. The van der Waals surface area contributed by atoms with Crippen molar-refractivity contribution in [3.8, 4) is 0 Å². The van der Waals surface area contributed by atoms with Crippen LogP contribution in [0.1, 0.15) is 6.42 Å². The fourth-order valence-electron chi connectivity index (χ4n) is 1.43. The monoisotopic (exact) mass is 175 g/mol. The Labute approximate surface area is 76.0 Å². The molecule has 0 aromatic carbocycles. The highest BCUT2D eigenvalue weighted by Crippen LogP contribution is 2.26. The Morgan fingerprint density at radius 2 is 2.23 bits per heavy atom. The third-order valence-corrected chi connectivity index (χ3v) is 2.04. The van der Waals surface area contributed by atoms with Gasteiger partial charge in [-0.15, -0.1) is 0 Å². The fraction of sp³-hybridized carbons (Fsp3) is 0.100. The van der Waals surface area contributed by atoms with Crippen LogP contribution in [0.4, 0.5) is 0 Å². The van der Waals surface area contributed by atoms with Crippen LogP contribution in [0.15, 0.2) is 48.0 Å². The number of hydrogen-bond donors (Lipinski definition) is 1. The maximum absolute atomic E-state index is 10.8. The minimum Gasteiger partial charge on any atom is -0.477 e. The summed E-state index contributed by atoms with van der Waals surface area (Å²) in [5.74, 6) is -0.880. The molecule has 0 aromatic rings. The topological polar surface area (TPSA) is 40.5 Å². The summed E-state index contributed by atoms with van der Waals surface area (Å²) in [6.07, 6.45) is 11.7. The third kappa shape index (κ3) is 1.28. The number of allylic oxidation sites excluding steroid dienone is 5. The number of fused-ring (bicyclic) bond motifs is 1. The zero-order chi connectivity index (χ0) is 9.26. The van der Waals surface area contributed by atoms with E-state index in [1.165, 1.54) is 0 Å². The van der Waals surface area contributed by atoms with E-state index in [-0.39, 0.29) is 0 Å². The van der Waals surface area contributed by atoms with E-state index in [4.69, 9.17) is 5.11 Å². The molecular weight excluding hydrogens is 166 g/mol. The van der Waals surface area contributed by atoms with Crippen molar-refractivity contribution in [1.29, 1.82) is 0 Å². The van der Waals surface area contributed by atoms with Gasteiger partial charge in [-0.05, 0) is 18.2 Å². The number of carbonyl (C=O) groups is 1. The molecule has 0 fully saturated rings. The zero-order valence-electron chi connectivity index (χ0n) is 6.97. The molecule has 13 heavy (non-hydrogen) atoms. The summed E-state index contributed by atoms with van der Waals surface area (Å²) in [7, 11) is 0. The standard InChI is InChI=1S/C10H9NO2/c12-10(13)9-6-5-8-4-2-1-3-7-11(8)9/h1-4,6-7H,5H2,(H,12,13). The molecule has 2 heterocycles. The molecule has 0 aromatic heterocycles. The van der Waals surface area contributed by atoms with Crippen LogP contribution < -0.4 is 0 Å². The van der Waals surface area contributed by atoms with Gasteiger partial charge in [0.2, 0.25) is 0 Å². The highest BCUT2D eigenvalue weighted by molar-refractivity contribution is 5.87. The molecule has 0 aliphatic carbocycles. The van der Waals surface area contributed by atoms with Gasteiger partial charge in [0.15, 0.2) is 0 Å². The van der Waals surface area contributed by atoms with Crippen molar-refractivity contribution in [2.45, 2.75) is 6.42 Å². The number of aliphatic carboxylic acids is 1. The molecule has 2 aliphatic rings. The van der Waals surface area contributed by atoms with Gasteiger partial charge < -0.3 is 10.0 Å². The Bertz CT molecular complexity index is 361. The van der Waals surface area contributed by atoms with E-state index in [0.717, 1.165) is 5.70 Å². The van der Waals surface area contributed by atoms with Crippen molar-refractivity contribution in [3.63, 3.8) is 0 Å². The fourth-order valence-corrected chi connectivity index (χ4v) is 1.43. The lowest BCUT2D eigenvalue weighted by Crippen LogP contribution is -2.16. The predicted octanol–water partition coefficient (Wildman–Crippen LogP) is 1.63. The molecule has 0 saturated heterocycles. The molecule has 0 unspecified atom stereocenters. The Morgan fingerprint density at radius 1 is 1.38 bits per heavy atom. The highest BCUT2D eigenvalue weighted by Gasteiger charge is 2.23. The van der Waals surface area contributed by atoms with Crippen LogP contribution in [0.3, 0.4) is 0 Å². The van der Waals surface area contributed by atoms with Crippen LogP contribution in [-0.2, 0) is 4.79 Å². The van der Waals surface area contributed by atoms with Gasteiger partial charge in [0, 0.05) is 18.3 Å². The van der Waals surface area contributed by atoms with Gasteiger partial charge in [-0.2, -0.15) is 0 Å². The Balaban J connectivity index is 2.35. The lowest BCUT2D eigenvalue weighted by atomic mass is 10.3. The molecule has 0 amide bonds. The van der Waals surface area contributed by atoms with Crippen LogP contribution in [0, 0.1) is 0 Å². The lowest BCUT2D eigenvalue weighted by Gasteiger charge is -2.15. The Kier molecular flexibility index (Phi) is 1.77. The SMILES string of the molecule is O=C(O)C1=CCC2=CC=CC=CN21. The molecule has 2 aliphatic heterocycles. The molecule has 3 heteroatoms. The van der Waals surface area contributed by atoms with Crippen LogP contribution in [0.5, 0.6) is 0 Å². The quantitative estimate of drug-likeness (QED) is 0.658. The van der Waals surface area contributed by atoms with Gasteiger partial charge in [-0.25, -0.2) is 4.79 Å². The number of rotatable bonds is 1. The van der Waals surface area contributed by atoms with Gasteiger partial charge in [-0.1, -0.05) is 12.2 Å². The summed E-state index contributed by atoms with van der Waals surface area (Å²) >= 11 is 0. The van der Waals surface area contributed by atoms with E-state index in [1.807, 2.05) is 24.3 Å². The second kappa shape index (κ2) is 2.94. The summed E-state index contributed by atoms with van der Waals surface area (Å²) in [6, 6.07) is 0. The number of nitrogens with zero attached hydrogens (tertiary/aromatic N) is 1. The minimum atomic E-state index is -0.880. The molecule has 0 atom stereocenters. The van der Waals surface area contributed by atoms with Crippen LogP contribution in [0.25, 0.3) is 0 Å². The number of hydrogen-bond acceptors (Lipinski definition) is 2. The van der Waals surface area contributed by atoms with E-state index in [0.29, 0.717) is 12.1 Å². The normalized spacial score (nSPS) is 19.2. The Morgan fingerprint density at radius 3 is 3.00 bits per heavy atom. The van der Waals surface area contributed by atoms with E-state index < -0.39 is 5.97 Å². The molecule has 0 radical (unpaired) electrons. The van der Waals surface area contributed by atoms with E-state index in [1.54, 1.807) is 17.2 Å². The average molecular weight is 175 g/mol. The number of carboxylic acid groups (broad SMARTS) is 1. The summed E-state index contributed by atoms with van der Waals surface area (Å²) in [5, 5.41) is 8.85. The maximum Gasteiger partial charge on any atom is 0.352 e. The molecule has 3 nitrogen and oxygen atoms in total. The molecule has 2 rings (SSSR count). The molecule has 1 N–H and O–H groups in total. The van der Waals surface area contributed by atoms with E-state index in [2.05, 4.69) is 0 Å². The van der Waals surface area contributed by atoms with Crippen LogP contribution >= 0.6 is 0 Å². The van der Waals surface area contributed by atoms with E-state index >= 15 is 0 Å². The first-order valence-corrected chi connectivity index (χ1v) is 4.06. The van der Waals surface area contributed by atoms with E-state index in [9.17, 15) is 4.79 Å². The van der Waals surface area contributed by atoms with Crippen molar-refractivity contribution in [2.75, 3.05) is 0 Å². The first-order valence-electron chi connectivity index (χ1n) is 4.06. The van der Waals surface area contributed by atoms with Crippen molar-refractivity contribution in [3.05, 3.63) is 48.0 Å². The van der Waals surface area contributed by atoms with Gasteiger partial charge in [0.25, 0.3) is 0 Å². The van der Waals surface area contributed by atoms with Gasteiger partial charge in [0.05, 0.1) is 0 Å².